The van der Waals surface area contributed by atoms with E-state index in [0.717, 1.165) is 9.13 Å². The number of aromatic nitrogens is 4. The number of hydrogen-bond acceptors (Lipinski definition) is 8. The van der Waals surface area contributed by atoms with E-state index in [1.165, 1.54) is 44.4 Å². The number of nitrogens with zero attached hydrogens (tertiary/aromatic N) is 4. The minimum atomic E-state index is -1.70. The monoisotopic (exact) mass is 321 g/mol. The summed E-state index contributed by atoms with van der Waals surface area (Å²) in [7, 11) is 0. The highest BCUT2D eigenvalue weighted by Gasteiger charge is 2.31. The van der Waals surface area contributed by atoms with Crippen LogP contribution in [0.5, 0.6) is 0 Å². The zero-order chi connectivity index (χ0) is 16.9. The molecular formula is C13H13N4O6-. The second-order valence-electron chi connectivity index (χ2n) is 4.90. The molecule has 10 nitrogen and oxygen atoms in total. The van der Waals surface area contributed by atoms with Crippen LogP contribution in [0.3, 0.4) is 0 Å². The molecule has 0 saturated carbocycles. The molecule has 0 aliphatic rings. The topological polar surface area (TPSA) is 128 Å². The van der Waals surface area contributed by atoms with E-state index in [1.807, 2.05) is 0 Å². The van der Waals surface area contributed by atoms with Crippen molar-refractivity contribution in [2.45, 2.75) is 6.92 Å². The average molecular weight is 321 g/mol. The summed E-state index contributed by atoms with van der Waals surface area (Å²) in [6.45, 7) is 0.165. The van der Waals surface area contributed by atoms with Crippen LogP contribution < -0.4 is 5.11 Å². The Morgan fingerprint density at radius 1 is 1.00 bits per heavy atom. The molecule has 0 radical (unpaired) electrons. The number of ether oxygens (including phenoxy) is 2. The molecule has 0 unspecified atom stereocenters. The summed E-state index contributed by atoms with van der Waals surface area (Å²) in [5.41, 5.74) is -1.70. The minimum Gasteiger partial charge on any atom is -0.549 e. The Labute approximate surface area is 130 Å². The maximum absolute atomic E-state index is 11.7. The number of aliphatic carboxylic acids is 1. The average Bonchev–Trinajstić information content (AvgIpc) is 3.22. The van der Waals surface area contributed by atoms with Crippen molar-refractivity contribution in [3.63, 3.8) is 0 Å². The molecule has 0 bridgehead atoms. The fraction of sp³-hybridized carbons (Fsp3) is 0.308. The van der Waals surface area contributed by atoms with Crippen LogP contribution >= 0.6 is 0 Å². The molecule has 2 heterocycles. The van der Waals surface area contributed by atoms with Crippen LogP contribution in [0, 0.1) is 5.41 Å². The molecule has 2 rings (SSSR count). The van der Waals surface area contributed by atoms with Crippen LogP contribution in [0.2, 0.25) is 0 Å². The molecule has 122 valence electrons. The Hall–Kier alpha value is -3.17. The Morgan fingerprint density at radius 2 is 1.43 bits per heavy atom. The van der Waals surface area contributed by atoms with Crippen LogP contribution in [-0.2, 0) is 14.3 Å². The summed E-state index contributed by atoms with van der Waals surface area (Å²) in [5.74, 6) is -1.52. The molecule has 0 aromatic carbocycles. The van der Waals surface area contributed by atoms with Crippen molar-refractivity contribution in [3.8, 4) is 0 Å². The van der Waals surface area contributed by atoms with Crippen LogP contribution in [0.4, 0.5) is 9.59 Å². The molecule has 23 heavy (non-hydrogen) atoms. The predicted molar refractivity (Wildman–Crippen MR) is 71.1 cm³/mol. The largest absolute Gasteiger partial charge is 0.549 e. The maximum atomic E-state index is 11.7. The van der Waals surface area contributed by atoms with E-state index in [2.05, 4.69) is 9.97 Å². The van der Waals surface area contributed by atoms with Gasteiger partial charge in [-0.05, 0) is 6.92 Å². The molecule has 0 aliphatic heterocycles. The minimum absolute atomic E-state index is 0.538. The number of carboxylic acids is 1. The first-order valence-corrected chi connectivity index (χ1v) is 6.44. The lowest BCUT2D eigenvalue weighted by molar-refractivity contribution is -0.321. The molecule has 0 spiro atoms. The number of hydrogen-bond donors (Lipinski definition) is 0. The van der Waals surface area contributed by atoms with Crippen molar-refractivity contribution in [1.82, 2.24) is 19.1 Å². The van der Waals surface area contributed by atoms with Gasteiger partial charge in [-0.1, -0.05) is 0 Å². The van der Waals surface area contributed by atoms with Crippen LogP contribution in [0.15, 0.2) is 37.4 Å². The lowest BCUT2D eigenvalue weighted by Crippen LogP contribution is -2.47. The van der Waals surface area contributed by atoms with E-state index in [4.69, 9.17) is 9.47 Å². The second-order valence-corrected chi connectivity index (χ2v) is 4.90. The highest BCUT2D eigenvalue weighted by Crippen LogP contribution is 2.17. The van der Waals surface area contributed by atoms with Gasteiger partial charge < -0.3 is 19.4 Å². The third-order valence-electron chi connectivity index (χ3n) is 2.95. The quantitative estimate of drug-likeness (QED) is 0.721. The highest BCUT2D eigenvalue weighted by atomic mass is 16.6. The van der Waals surface area contributed by atoms with Gasteiger partial charge >= 0.3 is 12.2 Å². The van der Waals surface area contributed by atoms with Gasteiger partial charge in [0.25, 0.3) is 0 Å². The van der Waals surface area contributed by atoms with E-state index in [-0.39, 0.29) is 0 Å². The van der Waals surface area contributed by atoms with Crippen molar-refractivity contribution < 1.29 is 29.0 Å². The normalized spacial score (nSPS) is 11.0. The third-order valence-corrected chi connectivity index (χ3v) is 2.95. The molecule has 0 aliphatic carbocycles. The Balaban J connectivity index is 1.94. The van der Waals surface area contributed by atoms with Gasteiger partial charge in [0, 0.05) is 24.8 Å². The predicted octanol–water partition coefficient (Wildman–Crippen LogP) is -0.495. The standard InChI is InChI=1S/C13H14N4O6/c1-13(10(18)19,6-22-11(20)16-4-2-14-8-16)7-23-12(21)17-5-3-15-9-17/h2-5,8-9H,6-7H2,1H3,(H,18,19)/p-1. The Bertz CT molecular complexity index is 629. The summed E-state index contributed by atoms with van der Waals surface area (Å²) in [6, 6.07) is 0. The maximum Gasteiger partial charge on any atom is 0.419 e. The molecule has 10 heteroatoms. The number of carbonyl (C=O) groups excluding carboxylic acids is 3. The third kappa shape index (κ3) is 3.93. The zero-order valence-corrected chi connectivity index (χ0v) is 12.1. The fourth-order valence-corrected chi connectivity index (χ4v) is 1.48. The fourth-order valence-electron chi connectivity index (χ4n) is 1.48. The van der Waals surface area contributed by atoms with Gasteiger partial charge in [-0.25, -0.2) is 28.7 Å². The van der Waals surface area contributed by atoms with Crippen molar-refractivity contribution >= 4 is 18.2 Å². The van der Waals surface area contributed by atoms with E-state index < -0.39 is 36.8 Å². The molecular weight excluding hydrogens is 308 g/mol. The van der Waals surface area contributed by atoms with Gasteiger partial charge in [-0.3, -0.25) is 0 Å². The van der Waals surface area contributed by atoms with E-state index in [9.17, 15) is 19.5 Å². The van der Waals surface area contributed by atoms with Gasteiger partial charge in [-0.15, -0.1) is 0 Å². The van der Waals surface area contributed by atoms with Gasteiger partial charge in [0.1, 0.15) is 25.9 Å². The summed E-state index contributed by atoms with van der Waals surface area (Å²) in [5, 5.41) is 11.3. The van der Waals surface area contributed by atoms with Crippen molar-refractivity contribution in [2.75, 3.05) is 13.2 Å². The molecule has 0 atom stereocenters. The van der Waals surface area contributed by atoms with E-state index >= 15 is 0 Å². The SMILES string of the molecule is CC(COC(=O)n1ccnc1)(COC(=O)n1ccnc1)C(=O)[O-]. The highest BCUT2D eigenvalue weighted by molar-refractivity contribution is 5.75. The zero-order valence-electron chi connectivity index (χ0n) is 12.1. The van der Waals surface area contributed by atoms with E-state index in [1.54, 1.807) is 0 Å². The number of imidazole rings is 2. The summed E-state index contributed by atoms with van der Waals surface area (Å²) < 4.78 is 11.8. The summed E-state index contributed by atoms with van der Waals surface area (Å²) >= 11 is 0. The molecule has 2 aromatic heterocycles. The Morgan fingerprint density at radius 3 is 1.74 bits per heavy atom. The van der Waals surface area contributed by atoms with Crippen LogP contribution in [0.1, 0.15) is 6.92 Å². The van der Waals surface area contributed by atoms with Crippen molar-refractivity contribution in [3.05, 3.63) is 37.4 Å². The van der Waals surface area contributed by atoms with Crippen molar-refractivity contribution in [2.24, 2.45) is 5.41 Å². The van der Waals surface area contributed by atoms with Crippen LogP contribution in [0.25, 0.3) is 0 Å². The lowest BCUT2D eigenvalue weighted by Gasteiger charge is -2.29. The van der Waals surface area contributed by atoms with Crippen LogP contribution in [-0.4, -0.2) is 50.5 Å². The first-order valence-electron chi connectivity index (χ1n) is 6.44. The van der Waals surface area contributed by atoms with Gasteiger partial charge in [0.05, 0.1) is 11.4 Å². The summed E-state index contributed by atoms with van der Waals surface area (Å²) in [6.07, 6.45) is 6.22. The Kier molecular flexibility index (Phi) is 4.74. The molecule has 2 aromatic rings. The first kappa shape index (κ1) is 16.2. The smallest absolute Gasteiger partial charge is 0.419 e. The van der Waals surface area contributed by atoms with Gasteiger partial charge in [0.2, 0.25) is 0 Å². The molecule has 0 fully saturated rings. The number of rotatable bonds is 5. The van der Waals surface area contributed by atoms with Gasteiger partial charge in [-0.2, -0.15) is 0 Å². The lowest BCUT2D eigenvalue weighted by atomic mass is 9.93. The molecule has 0 saturated heterocycles. The first-order chi connectivity index (χ1) is 10.9. The van der Waals surface area contributed by atoms with E-state index in [0.29, 0.717) is 0 Å². The summed E-state index contributed by atoms with van der Waals surface area (Å²) in [4.78, 5) is 42.0. The number of carboxylic acid groups (broad SMARTS) is 1. The molecule has 0 amide bonds. The number of carbonyl (C=O) groups is 3. The van der Waals surface area contributed by atoms with Crippen molar-refractivity contribution in [1.29, 1.82) is 0 Å². The van der Waals surface area contributed by atoms with Gasteiger partial charge in [0.15, 0.2) is 0 Å². The second kappa shape index (κ2) is 6.73. The molecule has 0 N–H and O–H groups in total.